The summed E-state index contributed by atoms with van der Waals surface area (Å²) in [5.41, 5.74) is 3.17. The lowest BCUT2D eigenvalue weighted by Crippen LogP contribution is -2.46. The molecule has 0 saturated carbocycles. The van der Waals surface area contributed by atoms with Crippen LogP contribution in [-0.4, -0.2) is 61.6 Å². The van der Waals surface area contributed by atoms with Crippen molar-refractivity contribution in [1.82, 2.24) is 34.6 Å². The second kappa shape index (κ2) is 11.1. The van der Waals surface area contributed by atoms with Crippen LogP contribution < -0.4 is 9.46 Å². The number of carbonyl (C=O) groups is 1. The molecule has 0 spiro atoms. The third-order valence-corrected chi connectivity index (χ3v) is 8.12. The number of fused-ring (bicyclic) bond motifs is 4. The summed E-state index contributed by atoms with van der Waals surface area (Å²) in [5, 5.41) is 3.84. The average molecular weight is 591 g/mol. The molecule has 13 heteroatoms. The molecule has 1 aliphatic rings. The zero-order valence-corrected chi connectivity index (χ0v) is 25.3. The third kappa shape index (κ3) is 6.25. The average Bonchev–Trinajstić information content (AvgIpc) is 3.31. The molecule has 1 atom stereocenters. The molecule has 0 unspecified atom stereocenters. The number of nitrogens with one attached hydrogen (secondary N) is 1. The normalized spacial score (nSPS) is 17.0. The van der Waals surface area contributed by atoms with E-state index in [2.05, 4.69) is 50.5 Å². The van der Waals surface area contributed by atoms with Crippen molar-refractivity contribution in [3.05, 3.63) is 71.4 Å². The number of benzene rings is 1. The first kappa shape index (κ1) is 29.1. The number of carbonyl (C=O) groups excluding carboxylic acids is 1. The standard InChI is InChI=1S/C29H34N8O4S/c1-18-9-7-10-19(2)26(18)21-13-24-33-28(32-21)35-42(39,40)25-14-22(36(6)34-25)27(38)37(16-23-30-11-8-12-31-23)20(17-41-24)15-29(3,4)5/h7-14,20H,15-17H2,1-6H3,(H,32,33,35)/t20-/m1/s1. The Labute approximate surface area is 245 Å². The van der Waals surface area contributed by atoms with Crippen LogP contribution in [0.1, 0.15) is 54.6 Å². The summed E-state index contributed by atoms with van der Waals surface area (Å²) in [7, 11) is -2.73. The van der Waals surface area contributed by atoms with E-state index in [1.54, 1.807) is 29.4 Å². The Hall–Kier alpha value is -4.39. The summed E-state index contributed by atoms with van der Waals surface area (Å²) in [6.45, 7) is 10.3. The molecule has 1 aliphatic heterocycles. The van der Waals surface area contributed by atoms with E-state index in [4.69, 9.17) is 4.74 Å². The Morgan fingerprint density at radius 3 is 2.40 bits per heavy atom. The number of aromatic nitrogens is 6. The van der Waals surface area contributed by atoms with E-state index >= 15 is 0 Å². The fraction of sp³-hybridized carbons (Fsp3) is 0.379. The van der Waals surface area contributed by atoms with Crippen LogP contribution in [0.5, 0.6) is 5.88 Å². The zero-order chi connectivity index (χ0) is 30.2. The highest BCUT2D eigenvalue weighted by Crippen LogP contribution is 2.31. The molecule has 220 valence electrons. The van der Waals surface area contributed by atoms with E-state index in [9.17, 15) is 13.2 Å². The van der Waals surface area contributed by atoms with E-state index in [1.807, 2.05) is 32.0 Å². The number of ether oxygens (including phenoxy) is 1. The van der Waals surface area contributed by atoms with Gasteiger partial charge < -0.3 is 9.64 Å². The van der Waals surface area contributed by atoms with Gasteiger partial charge in [-0.15, -0.1) is 0 Å². The summed E-state index contributed by atoms with van der Waals surface area (Å²) in [5.74, 6) is 0.0185. The smallest absolute Gasteiger partial charge is 0.283 e. The van der Waals surface area contributed by atoms with E-state index in [1.165, 1.54) is 17.8 Å². The van der Waals surface area contributed by atoms with Crippen molar-refractivity contribution >= 4 is 21.9 Å². The Morgan fingerprint density at radius 2 is 1.74 bits per heavy atom. The van der Waals surface area contributed by atoms with Crippen LogP contribution in [-0.2, 0) is 23.6 Å². The van der Waals surface area contributed by atoms with Gasteiger partial charge in [-0.1, -0.05) is 39.0 Å². The summed E-state index contributed by atoms with van der Waals surface area (Å²) in [6, 6.07) is 10.1. The Balaban J connectivity index is 1.68. The maximum absolute atomic E-state index is 14.1. The minimum atomic E-state index is -4.26. The van der Waals surface area contributed by atoms with Crippen LogP contribution in [0.3, 0.4) is 0 Å². The van der Waals surface area contributed by atoms with E-state index in [0.717, 1.165) is 16.7 Å². The van der Waals surface area contributed by atoms with E-state index < -0.39 is 22.0 Å². The number of anilines is 1. The lowest BCUT2D eigenvalue weighted by Gasteiger charge is -2.35. The van der Waals surface area contributed by atoms with Gasteiger partial charge in [-0.25, -0.2) is 19.7 Å². The number of amides is 1. The topological polar surface area (TPSA) is 145 Å². The van der Waals surface area contributed by atoms with Crippen molar-refractivity contribution in [3.63, 3.8) is 0 Å². The number of hydrogen-bond donors (Lipinski definition) is 1. The second-order valence-electron chi connectivity index (χ2n) is 11.6. The van der Waals surface area contributed by atoms with Gasteiger partial charge in [0.1, 0.15) is 18.1 Å². The van der Waals surface area contributed by atoms with Crippen molar-refractivity contribution in [2.75, 3.05) is 11.3 Å². The molecule has 0 radical (unpaired) electrons. The maximum Gasteiger partial charge on any atom is 0.283 e. The Kier molecular flexibility index (Phi) is 7.71. The van der Waals surface area contributed by atoms with Gasteiger partial charge in [-0.05, 0) is 42.9 Å². The molecule has 0 saturated heterocycles. The zero-order valence-electron chi connectivity index (χ0n) is 24.5. The highest BCUT2D eigenvalue weighted by molar-refractivity contribution is 7.92. The van der Waals surface area contributed by atoms with E-state index in [-0.39, 0.29) is 41.1 Å². The minimum absolute atomic E-state index is 0.0793. The largest absolute Gasteiger partial charge is 0.475 e. The molecule has 42 heavy (non-hydrogen) atoms. The third-order valence-electron chi connectivity index (χ3n) is 6.92. The van der Waals surface area contributed by atoms with Gasteiger partial charge >= 0.3 is 0 Å². The fourth-order valence-corrected chi connectivity index (χ4v) is 5.99. The molecule has 0 aliphatic carbocycles. The lowest BCUT2D eigenvalue weighted by molar-refractivity contribution is 0.0495. The van der Waals surface area contributed by atoms with Crippen LogP contribution in [0.4, 0.5) is 5.95 Å². The monoisotopic (exact) mass is 590 g/mol. The van der Waals surface area contributed by atoms with Gasteiger partial charge in [0.2, 0.25) is 11.8 Å². The first-order valence-electron chi connectivity index (χ1n) is 13.5. The molecular formula is C29H34N8O4S. The van der Waals surface area contributed by atoms with Crippen LogP contribution in [0.2, 0.25) is 0 Å². The number of aryl methyl sites for hydroxylation is 3. The lowest BCUT2D eigenvalue weighted by atomic mass is 9.87. The number of hydrogen-bond acceptors (Lipinski definition) is 9. The minimum Gasteiger partial charge on any atom is -0.475 e. The molecule has 1 aromatic carbocycles. The fourth-order valence-electron chi connectivity index (χ4n) is 5.06. The van der Waals surface area contributed by atoms with Crippen molar-refractivity contribution in [1.29, 1.82) is 0 Å². The summed E-state index contributed by atoms with van der Waals surface area (Å²) in [4.78, 5) is 33.3. The molecule has 3 aromatic heterocycles. The van der Waals surface area contributed by atoms with Crippen molar-refractivity contribution in [2.24, 2.45) is 12.5 Å². The molecule has 1 N–H and O–H groups in total. The summed E-state index contributed by atoms with van der Waals surface area (Å²) in [6.07, 6.45) is 3.79. The van der Waals surface area contributed by atoms with Crippen LogP contribution in [0.15, 0.2) is 53.8 Å². The highest BCUT2D eigenvalue weighted by Gasteiger charge is 2.34. The van der Waals surface area contributed by atoms with Gasteiger partial charge in [0.05, 0.1) is 18.3 Å². The van der Waals surface area contributed by atoms with Gasteiger partial charge in [0.15, 0.2) is 5.03 Å². The van der Waals surface area contributed by atoms with Gasteiger partial charge in [0.25, 0.3) is 15.9 Å². The van der Waals surface area contributed by atoms with Crippen LogP contribution in [0, 0.1) is 19.3 Å². The molecule has 12 nitrogen and oxygen atoms in total. The van der Waals surface area contributed by atoms with E-state index in [0.29, 0.717) is 17.9 Å². The first-order valence-corrected chi connectivity index (χ1v) is 15.0. The predicted octanol–water partition coefficient (Wildman–Crippen LogP) is 3.92. The number of rotatable bonds is 4. The molecule has 4 aromatic rings. The van der Waals surface area contributed by atoms with Gasteiger partial charge in [-0.2, -0.15) is 18.5 Å². The first-order chi connectivity index (χ1) is 19.8. The number of nitrogens with zero attached hydrogens (tertiary/aromatic N) is 7. The highest BCUT2D eigenvalue weighted by atomic mass is 32.2. The summed E-state index contributed by atoms with van der Waals surface area (Å²) < 4.78 is 36.9. The quantitative estimate of drug-likeness (QED) is 0.374. The van der Waals surface area contributed by atoms with Crippen molar-refractivity contribution < 1.29 is 17.9 Å². The molecule has 0 fully saturated rings. The Morgan fingerprint density at radius 1 is 1.05 bits per heavy atom. The molecular weight excluding hydrogens is 556 g/mol. The number of sulfonamides is 1. The SMILES string of the molecule is Cc1cccc(C)c1-c1cc2nc(n1)NS(=O)(=O)c1cc(n(C)n1)C(=O)N(Cc1ncccn1)[C@H](CC(C)(C)C)CO2. The van der Waals surface area contributed by atoms with Crippen LogP contribution >= 0.6 is 0 Å². The van der Waals surface area contributed by atoms with Crippen LogP contribution in [0.25, 0.3) is 11.3 Å². The molecule has 5 rings (SSSR count). The van der Waals surface area contributed by atoms with Crippen molar-refractivity contribution in [3.8, 4) is 17.1 Å². The molecule has 4 bridgehead atoms. The maximum atomic E-state index is 14.1. The van der Waals surface area contributed by atoms with Gasteiger partial charge in [0, 0.05) is 37.1 Å². The molecule has 1 amide bonds. The van der Waals surface area contributed by atoms with Gasteiger partial charge in [-0.3, -0.25) is 9.48 Å². The van der Waals surface area contributed by atoms with Crippen molar-refractivity contribution in [2.45, 2.75) is 58.7 Å². The Bertz CT molecular complexity index is 1710. The summed E-state index contributed by atoms with van der Waals surface area (Å²) >= 11 is 0. The predicted molar refractivity (Wildman–Crippen MR) is 156 cm³/mol. The molecule has 4 heterocycles. The second-order valence-corrected chi connectivity index (χ2v) is 13.2.